The van der Waals surface area contributed by atoms with Crippen molar-refractivity contribution in [1.82, 2.24) is 5.32 Å². The van der Waals surface area contributed by atoms with E-state index >= 15 is 0 Å². The first-order valence-electron chi connectivity index (χ1n) is 8.36. The topological polar surface area (TPSA) is 55.4 Å². The first-order chi connectivity index (χ1) is 12.1. The van der Waals surface area contributed by atoms with Gasteiger partial charge in [-0.3, -0.25) is 9.59 Å². The van der Waals surface area contributed by atoms with E-state index in [9.17, 15) is 9.59 Å². The van der Waals surface area contributed by atoms with Crippen molar-refractivity contribution in [1.29, 1.82) is 0 Å². The Balaban J connectivity index is 1.48. The third-order valence-corrected chi connectivity index (χ3v) is 4.45. The molecule has 4 nitrogen and oxygen atoms in total. The predicted octanol–water partition coefficient (Wildman–Crippen LogP) is 3.69. The Morgan fingerprint density at radius 1 is 1.08 bits per heavy atom. The number of rotatable bonds is 7. The molecule has 0 bridgehead atoms. The summed E-state index contributed by atoms with van der Waals surface area (Å²) in [7, 11) is 0. The average Bonchev–Trinajstić information content (AvgIpc) is 3.46. The van der Waals surface area contributed by atoms with E-state index in [0.717, 1.165) is 24.0 Å². The maximum atomic E-state index is 12.2. The minimum Gasteiger partial charge on any atom is -0.455 e. The molecule has 1 N–H and O–H groups in total. The monoisotopic (exact) mass is 357 g/mol. The lowest BCUT2D eigenvalue weighted by molar-refractivity contribution is -0.148. The fourth-order valence-electron chi connectivity index (χ4n) is 2.74. The van der Waals surface area contributed by atoms with Gasteiger partial charge in [0.05, 0.1) is 12.5 Å². The molecule has 0 aliphatic heterocycles. The molecule has 0 spiro atoms. The minimum atomic E-state index is -0.430. The average molecular weight is 358 g/mol. The Bertz CT molecular complexity index is 726. The van der Waals surface area contributed by atoms with Crippen LogP contribution in [0.4, 0.5) is 0 Å². The zero-order valence-electron chi connectivity index (χ0n) is 13.8. The Hall–Kier alpha value is -2.33. The molecule has 1 amide bonds. The van der Waals surface area contributed by atoms with Crippen LogP contribution in [-0.2, 0) is 20.7 Å². The van der Waals surface area contributed by atoms with E-state index in [4.69, 9.17) is 16.3 Å². The van der Waals surface area contributed by atoms with Crippen molar-refractivity contribution >= 4 is 23.5 Å². The van der Waals surface area contributed by atoms with Gasteiger partial charge in [0, 0.05) is 5.02 Å². The van der Waals surface area contributed by atoms with Gasteiger partial charge >= 0.3 is 5.97 Å². The van der Waals surface area contributed by atoms with Crippen LogP contribution >= 0.6 is 11.6 Å². The Labute approximate surface area is 152 Å². The predicted molar refractivity (Wildman–Crippen MR) is 96.2 cm³/mol. The quantitative estimate of drug-likeness (QED) is 0.769. The van der Waals surface area contributed by atoms with Crippen molar-refractivity contribution in [3.05, 3.63) is 70.7 Å². The molecule has 1 saturated carbocycles. The number of amides is 1. The molecule has 3 rings (SSSR count). The molecule has 1 fully saturated rings. The highest BCUT2D eigenvalue weighted by Crippen LogP contribution is 2.40. The SMILES string of the molecule is O=C(COC(=O)Cc1ccc(Cl)cc1)NC(c1ccccc1)C1CC1. The van der Waals surface area contributed by atoms with Crippen LogP contribution in [-0.4, -0.2) is 18.5 Å². The summed E-state index contributed by atoms with van der Waals surface area (Å²) in [6.45, 7) is -0.261. The summed E-state index contributed by atoms with van der Waals surface area (Å²) < 4.78 is 5.09. The van der Waals surface area contributed by atoms with Crippen LogP contribution < -0.4 is 5.32 Å². The second-order valence-corrected chi connectivity index (χ2v) is 6.69. The number of hydrogen-bond acceptors (Lipinski definition) is 3. The Morgan fingerprint density at radius 3 is 2.40 bits per heavy atom. The summed E-state index contributed by atoms with van der Waals surface area (Å²) >= 11 is 5.81. The molecule has 130 valence electrons. The third kappa shape index (κ3) is 5.33. The molecule has 2 aromatic carbocycles. The fourth-order valence-corrected chi connectivity index (χ4v) is 2.87. The maximum absolute atomic E-state index is 12.2. The Kier molecular flexibility index (Phi) is 5.71. The largest absolute Gasteiger partial charge is 0.455 e. The van der Waals surface area contributed by atoms with Gasteiger partial charge in [0.1, 0.15) is 0 Å². The van der Waals surface area contributed by atoms with E-state index in [1.165, 1.54) is 0 Å². The van der Waals surface area contributed by atoms with Gasteiger partial charge in [-0.2, -0.15) is 0 Å². The number of benzene rings is 2. The zero-order chi connectivity index (χ0) is 17.6. The van der Waals surface area contributed by atoms with Crippen LogP contribution in [0.1, 0.15) is 30.0 Å². The van der Waals surface area contributed by atoms with Crippen molar-refractivity contribution < 1.29 is 14.3 Å². The molecule has 2 aromatic rings. The highest BCUT2D eigenvalue weighted by Gasteiger charge is 2.33. The Morgan fingerprint density at radius 2 is 1.76 bits per heavy atom. The summed E-state index contributed by atoms with van der Waals surface area (Å²) in [6.07, 6.45) is 2.33. The second-order valence-electron chi connectivity index (χ2n) is 6.26. The first kappa shape index (κ1) is 17.5. The minimum absolute atomic E-state index is 0.0105. The van der Waals surface area contributed by atoms with Crippen LogP contribution in [0.15, 0.2) is 54.6 Å². The van der Waals surface area contributed by atoms with Gasteiger partial charge in [0.15, 0.2) is 6.61 Å². The fraction of sp³-hybridized carbons (Fsp3) is 0.300. The first-order valence-corrected chi connectivity index (χ1v) is 8.74. The lowest BCUT2D eigenvalue weighted by atomic mass is 10.0. The van der Waals surface area contributed by atoms with Crippen LogP contribution in [0.5, 0.6) is 0 Å². The van der Waals surface area contributed by atoms with Crippen molar-refractivity contribution in [2.75, 3.05) is 6.61 Å². The van der Waals surface area contributed by atoms with Crippen molar-refractivity contribution in [3.63, 3.8) is 0 Å². The zero-order valence-corrected chi connectivity index (χ0v) is 14.5. The molecule has 5 heteroatoms. The van der Waals surface area contributed by atoms with E-state index in [0.29, 0.717) is 10.9 Å². The highest BCUT2D eigenvalue weighted by molar-refractivity contribution is 6.30. The molecule has 1 atom stereocenters. The van der Waals surface area contributed by atoms with Gasteiger partial charge in [-0.15, -0.1) is 0 Å². The number of hydrogen-bond donors (Lipinski definition) is 1. The molecule has 25 heavy (non-hydrogen) atoms. The van der Waals surface area contributed by atoms with Gasteiger partial charge in [0.25, 0.3) is 5.91 Å². The molecule has 0 heterocycles. The van der Waals surface area contributed by atoms with Crippen molar-refractivity contribution in [2.24, 2.45) is 5.92 Å². The number of nitrogens with one attached hydrogen (secondary N) is 1. The van der Waals surface area contributed by atoms with Gasteiger partial charge < -0.3 is 10.1 Å². The number of carbonyl (C=O) groups excluding carboxylic acids is 2. The number of carbonyl (C=O) groups is 2. The summed E-state index contributed by atoms with van der Waals surface area (Å²) in [5.41, 5.74) is 1.89. The van der Waals surface area contributed by atoms with Crippen molar-refractivity contribution in [3.8, 4) is 0 Å². The van der Waals surface area contributed by atoms with E-state index in [1.54, 1.807) is 24.3 Å². The highest BCUT2D eigenvalue weighted by atomic mass is 35.5. The van der Waals surface area contributed by atoms with E-state index < -0.39 is 5.97 Å². The molecular weight excluding hydrogens is 338 g/mol. The van der Waals surface area contributed by atoms with Crippen LogP contribution in [0.3, 0.4) is 0 Å². The summed E-state index contributed by atoms with van der Waals surface area (Å²) in [5.74, 6) is -0.235. The van der Waals surface area contributed by atoms with Crippen LogP contribution in [0.2, 0.25) is 5.02 Å². The number of esters is 1. The van der Waals surface area contributed by atoms with Crippen LogP contribution in [0.25, 0.3) is 0 Å². The lowest BCUT2D eigenvalue weighted by Gasteiger charge is -2.18. The van der Waals surface area contributed by atoms with E-state index in [-0.39, 0.29) is 25.0 Å². The number of ether oxygens (including phenoxy) is 1. The number of halogens is 1. The third-order valence-electron chi connectivity index (χ3n) is 4.19. The summed E-state index contributed by atoms with van der Waals surface area (Å²) in [4.78, 5) is 24.0. The normalized spacial score (nSPS) is 14.6. The molecule has 1 aliphatic carbocycles. The van der Waals surface area contributed by atoms with Gasteiger partial charge in [-0.05, 0) is 42.0 Å². The molecule has 1 unspecified atom stereocenters. The summed E-state index contributed by atoms with van der Waals surface area (Å²) in [6, 6.07) is 16.9. The van der Waals surface area contributed by atoms with Gasteiger partial charge in [0.2, 0.25) is 0 Å². The lowest BCUT2D eigenvalue weighted by Crippen LogP contribution is -2.33. The maximum Gasteiger partial charge on any atom is 0.310 e. The molecule has 0 aromatic heterocycles. The molecule has 0 radical (unpaired) electrons. The summed E-state index contributed by atoms with van der Waals surface area (Å²) in [5, 5.41) is 3.60. The second kappa shape index (κ2) is 8.17. The molecule has 1 aliphatic rings. The van der Waals surface area contributed by atoms with Crippen molar-refractivity contribution in [2.45, 2.75) is 25.3 Å². The van der Waals surface area contributed by atoms with Crippen LogP contribution in [0, 0.1) is 5.92 Å². The van der Waals surface area contributed by atoms with Gasteiger partial charge in [-0.1, -0.05) is 54.1 Å². The van der Waals surface area contributed by atoms with E-state index in [1.807, 2.05) is 30.3 Å². The molecule has 0 saturated heterocycles. The standard InChI is InChI=1S/C20H20ClNO3/c21-17-10-6-14(7-11-17)12-19(24)25-13-18(23)22-20(16-8-9-16)15-4-2-1-3-5-15/h1-7,10-11,16,20H,8-9,12-13H2,(H,22,23). The molecular formula is C20H20ClNO3. The van der Waals surface area contributed by atoms with E-state index in [2.05, 4.69) is 5.32 Å². The van der Waals surface area contributed by atoms with Gasteiger partial charge in [-0.25, -0.2) is 0 Å². The smallest absolute Gasteiger partial charge is 0.310 e.